The number of carbonyl (C=O) groups is 3. The molecule has 0 aliphatic rings. The molecule has 0 saturated carbocycles. The van der Waals surface area contributed by atoms with Crippen molar-refractivity contribution < 1.29 is 31.7 Å². The molecule has 0 aliphatic carbocycles. The minimum absolute atomic E-state index is 0. The topological polar surface area (TPSA) is 51.2 Å². The molecule has 0 aliphatic heterocycles. The number of benzene rings is 2. The van der Waals surface area contributed by atoms with Crippen molar-refractivity contribution >= 4 is 37.2 Å². The Morgan fingerprint density at radius 3 is 1.74 bits per heavy atom. The molecule has 0 unspecified atom stereocenters. The van der Waals surface area contributed by atoms with Crippen molar-refractivity contribution in [1.82, 2.24) is 0 Å². The molecule has 0 atom stereocenters. The normalized spacial score (nSPS) is 6.95. The maximum absolute atomic E-state index is 8.00. The molecule has 19 heavy (non-hydrogen) atoms. The molecule has 0 radical (unpaired) electrons. The zero-order valence-electron chi connectivity index (χ0n) is 10.6. The molecule has 2 rings (SSSR count). The molecule has 0 amide bonds. The van der Waals surface area contributed by atoms with Crippen LogP contribution in [0.3, 0.4) is 0 Å². The summed E-state index contributed by atoms with van der Waals surface area (Å²) >= 11 is 0. The van der Waals surface area contributed by atoms with Crippen molar-refractivity contribution in [1.29, 1.82) is 0 Å². The third-order valence-corrected chi connectivity index (χ3v) is 2.04. The van der Waals surface area contributed by atoms with Gasteiger partial charge in [-0.1, -0.05) is 55.1 Å². The van der Waals surface area contributed by atoms with Gasteiger partial charge in [-0.25, -0.2) is 0 Å². The summed E-state index contributed by atoms with van der Waals surface area (Å²) in [5.41, 5.74) is 1.20. The van der Waals surface area contributed by atoms with E-state index >= 15 is 0 Å². The molecule has 4 heteroatoms. The zero-order valence-corrected chi connectivity index (χ0v) is 11.9. The fourth-order valence-corrected chi connectivity index (χ4v) is 1.43. The molecule has 0 saturated heterocycles. The van der Waals surface area contributed by atoms with Gasteiger partial charge in [0.1, 0.15) is 20.4 Å². The van der Waals surface area contributed by atoms with E-state index < -0.39 is 0 Å². The van der Waals surface area contributed by atoms with Crippen molar-refractivity contribution in [3.05, 3.63) is 54.6 Å². The van der Waals surface area contributed by atoms with Crippen LogP contribution in [0.25, 0.3) is 16.8 Å². The minimum Gasteiger partial charge on any atom is -0.307 e. The van der Waals surface area contributed by atoms with E-state index in [0.29, 0.717) is 0 Å². The Balaban J connectivity index is -0.000000325. The number of hydrogen-bond acceptors (Lipinski definition) is 3. The molecular weight excluding hydrogens is 280 g/mol. The van der Waals surface area contributed by atoms with E-state index in [1.54, 1.807) is 0 Å². The van der Waals surface area contributed by atoms with Crippen molar-refractivity contribution in [2.24, 2.45) is 0 Å². The van der Waals surface area contributed by atoms with Crippen LogP contribution in [0, 0.1) is 0 Å². The third kappa shape index (κ3) is 7.10. The number of fused-ring (bicyclic) bond motifs is 1. The van der Waals surface area contributed by atoms with Crippen LogP contribution in [0.2, 0.25) is 0 Å². The Morgan fingerprint density at radius 2 is 1.21 bits per heavy atom. The summed E-state index contributed by atoms with van der Waals surface area (Å²) in [7, 11) is 0. The van der Waals surface area contributed by atoms with Gasteiger partial charge in [0.05, 0.1) is 0 Å². The predicted octanol–water partition coefficient (Wildman–Crippen LogP) is 2.93. The van der Waals surface area contributed by atoms with Crippen molar-refractivity contribution in [2.75, 3.05) is 0 Å². The molecule has 2 aromatic carbocycles. The van der Waals surface area contributed by atoms with Crippen LogP contribution in [0.5, 0.6) is 0 Å². The molecule has 3 nitrogen and oxygen atoms in total. The Kier molecular flexibility index (Phi) is 18.7. The second kappa shape index (κ2) is 16.0. The zero-order chi connectivity index (χ0) is 14.4. The van der Waals surface area contributed by atoms with Gasteiger partial charge in [0, 0.05) is 17.4 Å². The summed E-state index contributed by atoms with van der Waals surface area (Å²) in [6.07, 6.45) is 1.89. The Hall–Kier alpha value is -2.02. The third-order valence-electron chi connectivity index (χ3n) is 2.04. The second-order valence-electron chi connectivity index (χ2n) is 2.77. The molecule has 2 aromatic rings. The maximum Gasteiger partial charge on any atom is 0.106 e. The standard InChI is InChI=1S/C12H10.3CH2O.Cr/c1-2-10-7-5-8-11-6-3-4-9-12(10)11;3*1-2;/h2-9H,1H2;3*1H2;. The van der Waals surface area contributed by atoms with Gasteiger partial charge in [-0.2, -0.15) is 0 Å². The SMILES string of the molecule is C=Cc1cccc2ccccc12.C=O.C=O.C=O.[Cr]. The summed E-state index contributed by atoms with van der Waals surface area (Å²) in [5.74, 6) is 0. The van der Waals surface area contributed by atoms with E-state index in [1.807, 2.05) is 26.4 Å². The van der Waals surface area contributed by atoms with Crippen molar-refractivity contribution in [2.45, 2.75) is 0 Å². The van der Waals surface area contributed by atoms with Gasteiger partial charge >= 0.3 is 0 Å². The van der Waals surface area contributed by atoms with E-state index in [1.165, 1.54) is 16.3 Å². The predicted molar refractivity (Wildman–Crippen MR) is 75.4 cm³/mol. The first kappa shape index (κ1) is 22.2. The van der Waals surface area contributed by atoms with Crippen LogP contribution in [-0.4, -0.2) is 20.4 Å². The fraction of sp³-hybridized carbons (Fsp3) is 0. The quantitative estimate of drug-likeness (QED) is 0.813. The smallest absolute Gasteiger partial charge is 0.106 e. The van der Waals surface area contributed by atoms with Crippen LogP contribution in [0.1, 0.15) is 5.56 Å². The molecule has 100 valence electrons. The Morgan fingerprint density at radius 1 is 0.737 bits per heavy atom. The van der Waals surface area contributed by atoms with Crippen LogP contribution in [-0.2, 0) is 31.7 Å². The van der Waals surface area contributed by atoms with E-state index in [0.717, 1.165) is 0 Å². The molecule has 0 aromatic heterocycles. The summed E-state index contributed by atoms with van der Waals surface area (Å²) < 4.78 is 0. The summed E-state index contributed by atoms with van der Waals surface area (Å²) in [4.78, 5) is 24.0. The monoisotopic (exact) mass is 296 g/mol. The number of rotatable bonds is 1. The van der Waals surface area contributed by atoms with Crippen LogP contribution < -0.4 is 0 Å². The second-order valence-corrected chi connectivity index (χ2v) is 2.77. The first-order chi connectivity index (χ1) is 8.92. The van der Waals surface area contributed by atoms with E-state index in [9.17, 15) is 0 Å². The Bertz CT molecular complexity index is 462. The molecule has 0 fully saturated rings. The van der Waals surface area contributed by atoms with E-state index in [-0.39, 0.29) is 17.4 Å². The van der Waals surface area contributed by atoms with Crippen LogP contribution in [0.15, 0.2) is 49.0 Å². The Labute approximate surface area is 124 Å². The molecule has 0 bridgehead atoms. The number of carbonyl (C=O) groups excluding carboxylic acids is 3. The summed E-state index contributed by atoms with van der Waals surface area (Å²) in [5, 5.41) is 2.55. The first-order valence-electron chi connectivity index (χ1n) is 4.88. The summed E-state index contributed by atoms with van der Waals surface area (Å²) in [6, 6.07) is 14.6. The van der Waals surface area contributed by atoms with E-state index in [4.69, 9.17) is 14.4 Å². The van der Waals surface area contributed by atoms with E-state index in [2.05, 4.69) is 49.0 Å². The van der Waals surface area contributed by atoms with Crippen molar-refractivity contribution in [3.63, 3.8) is 0 Å². The van der Waals surface area contributed by atoms with Gasteiger partial charge in [-0.15, -0.1) is 0 Å². The molecule has 0 N–H and O–H groups in total. The van der Waals surface area contributed by atoms with Gasteiger partial charge < -0.3 is 14.4 Å². The largest absolute Gasteiger partial charge is 0.307 e. The molecule has 0 spiro atoms. The average molecular weight is 296 g/mol. The van der Waals surface area contributed by atoms with Gasteiger partial charge in [-0.05, 0) is 16.3 Å². The fourth-order valence-electron chi connectivity index (χ4n) is 1.43. The van der Waals surface area contributed by atoms with Gasteiger partial charge in [0.15, 0.2) is 0 Å². The van der Waals surface area contributed by atoms with Gasteiger partial charge in [0.2, 0.25) is 0 Å². The minimum atomic E-state index is 0. The molecular formula is C15H16CrO3. The summed E-state index contributed by atoms with van der Waals surface area (Å²) in [6.45, 7) is 9.78. The van der Waals surface area contributed by atoms with Gasteiger partial charge in [0.25, 0.3) is 0 Å². The van der Waals surface area contributed by atoms with Gasteiger partial charge in [-0.3, -0.25) is 0 Å². The average Bonchev–Trinajstić information content (AvgIpc) is 2.52. The first-order valence-corrected chi connectivity index (χ1v) is 4.88. The molecule has 0 heterocycles. The van der Waals surface area contributed by atoms with Crippen LogP contribution >= 0.6 is 0 Å². The van der Waals surface area contributed by atoms with Crippen LogP contribution in [0.4, 0.5) is 0 Å². The number of hydrogen-bond donors (Lipinski definition) is 0. The maximum atomic E-state index is 8.00. The van der Waals surface area contributed by atoms with Crippen molar-refractivity contribution in [3.8, 4) is 0 Å².